The molecule has 100 valence electrons. The minimum absolute atomic E-state index is 0.624. The second-order valence-electron chi connectivity index (χ2n) is 3.91. The number of hydrogen-bond donors (Lipinski definition) is 2. The third-order valence-corrected chi connectivity index (χ3v) is 2.74. The first kappa shape index (κ1) is 14.7. The molecule has 0 heterocycles. The summed E-state index contributed by atoms with van der Waals surface area (Å²) in [6, 6.07) is 5.83. The van der Waals surface area contributed by atoms with Gasteiger partial charge in [-0.25, -0.2) is 0 Å². The number of thiocarbonyl (C=S) groups is 1. The molecule has 18 heavy (non-hydrogen) atoms. The van der Waals surface area contributed by atoms with Gasteiger partial charge in [-0.05, 0) is 49.3 Å². The summed E-state index contributed by atoms with van der Waals surface area (Å²) in [4.78, 5) is 0. The summed E-state index contributed by atoms with van der Waals surface area (Å²) in [6.45, 7) is 3.55. The minimum atomic E-state index is 0.624. The lowest BCUT2D eigenvalue weighted by molar-refractivity contribution is 0.196. The third-order valence-electron chi connectivity index (χ3n) is 2.49. The number of rotatable bonds is 6. The zero-order valence-corrected chi connectivity index (χ0v) is 11.9. The van der Waals surface area contributed by atoms with E-state index in [1.807, 2.05) is 25.1 Å². The van der Waals surface area contributed by atoms with Gasteiger partial charge in [-0.15, -0.1) is 0 Å². The summed E-state index contributed by atoms with van der Waals surface area (Å²) in [5.74, 6) is 0.844. The van der Waals surface area contributed by atoms with E-state index in [2.05, 4.69) is 10.6 Å². The molecule has 4 nitrogen and oxygen atoms in total. The number of aryl methyl sites for hydroxylation is 1. The van der Waals surface area contributed by atoms with Crippen molar-refractivity contribution in [2.45, 2.75) is 13.3 Å². The van der Waals surface area contributed by atoms with E-state index >= 15 is 0 Å². The molecule has 0 amide bonds. The lowest BCUT2D eigenvalue weighted by atomic mass is 10.2. The molecule has 0 radical (unpaired) electrons. The fourth-order valence-corrected chi connectivity index (χ4v) is 1.70. The lowest BCUT2D eigenvalue weighted by Gasteiger charge is -2.13. The van der Waals surface area contributed by atoms with Gasteiger partial charge in [-0.3, -0.25) is 0 Å². The van der Waals surface area contributed by atoms with Crippen molar-refractivity contribution in [2.75, 3.05) is 32.7 Å². The van der Waals surface area contributed by atoms with E-state index in [1.165, 1.54) is 0 Å². The highest BCUT2D eigenvalue weighted by molar-refractivity contribution is 7.80. The van der Waals surface area contributed by atoms with Crippen LogP contribution < -0.4 is 15.4 Å². The van der Waals surface area contributed by atoms with Crippen molar-refractivity contribution in [1.29, 1.82) is 0 Å². The Hall–Kier alpha value is -1.33. The van der Waals surface area contributed by atoms with Gasteiger partial charge in [0, 0.05) is 25.9 Å². The Morgan fingerprint density at radius 2 is 2.11 bits per heavy atom. The van der Waals surface area contributed by atoms with Crippen LogP contribution in [0.5, 0.6) is 5.75 Å². The van der Waals surface area contributed by atoms with Crippen LogP contribution in [0.4, 0.5) is 5.69 Å². The fourth-order valence-electron chi connectivity index (χ4n) is 1.49. The van der Waals surface area contributed by atoms with Crippen LogP contribution in [0, 0.1) is 6.92 Å². The molecule has 2 N–H and O–H groups in total. The van der Waals surface area contributed by atoms with Gasteiger partial charge in [0.05, 0.1) is 7.11 Å². The fraction of sp³-hybridized carbons (Fsp3) is 0.462. The average molecular weight is 268 g/mol. The highest BCUT2D eigenvalue weighted by Crippen LogP contribution is 2.20. The number of hydrogen-bond acceptors (Lipinski definition) is 3. The van der Waals surface area contributed by atoms with Crippen LogP contribution in [0.3, 0.4) is 0 Å². The van der Waals surface area contributed by atoms with E-state index in [9.17, 15) is 0 Å². The Morgan fingerprint density at radius 3 is 2.72 bits per heavy atom. The van der Waals surface area contributed by atoms with E-state index < -0.39 is 0 Å². The highest BCUT2D eigenvalue weighted by atomic mass is 32.1. The van der Waals surface area contributed by atoms with E-state index in [4.69, 9.17) is 21.7 Å². The molecule has 0 saturated carbocycles. The Balaban J connectivity index is 2.44. The first-order valence-corrected chi connectivity index (χ1v) is 6.26. The standard InChI is InChI=1S/C13H20N2O2S/c1-10-9-11(17-3)5-6-12(10)15-13(18)14-7-4-8-16-2/h5-6,9H,4,7-8H2,1-3H3,(H2,14,15,18). The van der Waals surface area contributed by atoms with Crippen LogP contribution in [0.15, 0.2) is 18.2 Å². The van der Waals surface area contributed by atoms with Crippen molar-refractivity contribution in [3.8, 4) is 5.75 Å². The first-order chi connectivity index (χ1) is 8.67. The summed E-state index contributed by atoms with van der Waals surface area (Å²) in [5.41, 5.74) is 2.08. The summed E-state index contributed by atoms with van der Waals surface area (Å²) in [7, 11) is 3.35. The molecule has 1 aromatic carbocycles. The number of nitrogens with one attached hydrogen (secondary N) is 2. The molecule has 0 unspecified atom stereocenters. The second-order valence-corrected chi connectivity index (χ2v) is 4.32. The molecule has 1 rings (SSSR count). The molecule has 0 aliphatic rings. The molecule has 1 aromatic rings. The molecule has 0 aliphatic carbocycles. The third kappa shape index (κ3) is 4.89. The quantitative estimate of drug-likeness (QED) is 0.612. The molecule has 0 aromatic heterocycles. The zero-order valence-electron chi connectivity index (χ0n) is 11.1. The van der Waals surface area contributed by atoms with Gasteiger partial charge >= 0.3 is 0 Å². The van der Waals surface area contributed by atoms with Crippen molar-refractivity contribution in [3.05, 3.63) is 23.8 Å². The molecule has 0 atom stereocenters. The van der Waals surface area contributed by atoms with Crippen LogP contribution in [-0.2, 0) is 4.74 Å². The largest absolute Gasteiger partial charge is 0.497 e. The van der Waals surface area contributed by atoms with Gasteiger partial charge in [-0.2, -0.15) is 0 Å². The highest BCUT2D eigenvalue weighted by Gasteiger charge is 2.02. The molecule has 0 fully saturated rings. The summed E-state index contributed by atoms with van der Waals surface area (Å²) >= 11 is 5.21. The lowest BCUT2D eigenvalue weighted by Crippen LogP contribution is -2.30. The number of benzene rings is 1. The van der Waals surface area contributed by atoms with Crippen molar-refractivity contribution >= 4 is 23.0 Å². The monoisotopic (exact) mass is 268 g/mol. The molecule has 5 heteroatoms. The maximum Gasteiger partial charge on any atom is 0.170 e. The van der Waals surface area contributed by atoms with Gasteiger partial charge in [0.15, 0.2) is 5.11 Å². The van der Waals surface area contributed by atoms with E-state index in [1.54, 1.807) is 14.2 Å². The van der Waals surface area contributed by atoms with Gasteiger partial charge in [0.25, 0.3) is 0 Å². The predicted octanol–water partition coefficient (Wildman–Crippen LogP) is 2.33. The molecule has 0 aliphatic heterocycles. The van der Waals surface area contributed by atoms with Crippen molar-refractivity contribution in [1.82, 2.24) is 5.32 Å². The molecular weight excluding hydrogens is 248 g/mol. The first-order valence-electron chi connectivity index (χ1n) is 5.86. The van der Waals surface area contributed by atoms with Crippen LogP contribution in [0.2, 0.25) is 0 Å². The van der Waals surface area contributed by atoms with Gasteiger partial charge in [0.1, 0.15) is 5.75 Å². The maximum atomic E-state index is 5.21. The van der Waals surface area contributed by atoms with Gasteiger partial charge in [0.2, 0.25) is 0 Å². The van der Waals surface area contributed by atoms with Gasteiger partial charge < -0.3 is 20.1 Å². The SMILES string of the molecule is COCCCNC(=S)Nc1ccc(OC)cc1C. The summed E-state index contributed by atoms with van der Waals surface area (Å²) in [5, 5.41) is 6.92. The predicted molar refractivity (Wildman–Crippen MR) is 78.4 cm³/mol. The van der Waals surface area contributed by atoms with Crippen LogP contribution in [-0.4, -0.2) is 32.5 Å². The van der Waals surface area contributed by atoms with Crippen LogP contribution in [0.25, 0.3) is 0 Å². The minimum Gasteiger partial charge on any atom is -0.497 e. The van der Waals surface area contributed by atoms with E-state index in [-0.39, 0.29) is 0 Å². The van der Waals surface area contributed by atoms with Crippen molar-refractivity contribution in [3.63, 3.8) is 0 Å². The Kier molecular flexibility index (Phi) is 6.46. The maximum absolute atomic E-state index is 5.21. The number of ether oxygens (including phenoxy) is 2. The topological polar surface area (TPSA) is 42.5 Å². The van der Waals surface area contributed by atoms with E-state index in [0.717, 1.165) is 36.6 Å². The Labute approximate surface area is 114 Å². The smallest absolute Gasteiger partial charge is 0.170 e. The molecule has 0 spiro atoms. The molecular formula is C13H20N2O2S. The van der Waals surface area contributed by atoms with Crippen LogP contribution >= 0.6 is 12.2 Å². The Bertz CT molecular complexity index is 397. The Morgan fingerprint density at radius 1 is 1.33 bits per heavy atom. The number of methoxy groups -OCH3 is 2. The second kappa shape index (κ2) is 7.89. The zero-order chi connectivity index (χ0) is 13.4. The van der Waals surface area contributed by atoms with Crippen molar-refractivity contribution < 1.29 is 9.47 Å². The summed E-state index contributed by atoms with van der Waals surface area (Å²) < 4.78 is 10.1. The molecule has 0 saturated heterocycles. The van der Waals surface area contributed by atoms with Crippen molar-refractivity contribution in [2.24, 2.45) is 0 Å². The molecule has 0 bridgehead atoms. The van der Waals surface area contributed by atoms with Crippen LogP contribution in [0.1, 0.15) is 12.0 Å². The van der Waals surface area contributed by atoms with E-state index in [0.29, 0.717) is 5.11 Å². The number of anilines is 1. The van der Waals surface area contributed by atoms with Gasteiger partial charge in [-0.1, -0.05) is 0 Å². The summed E-state index contributed by atoms with van der Waals surface area (Å²) in [6.07, 6.45) is 0.930. The normalized spacial score (nSPS) is 9.94. The average Bonchev–Trinajstić information content (AvgIpc) is 2.37.